The molecule has 2 N–H and O–H groups in total. The first kappa shape index (κ1) is 12.9. The Morgan fingerprint density at radius 3 is 2.87 bits per heavy atom. The van der Waals surface area contributed by atoms with Gasteiger partial charge in [0.25, 0.3) is 0 Å². The summed E-state index contributed by atoms with van der Waals surface area (Å²) in [5, 5.41) is 17.7. The molecule has 0 aromatic carbocycles. The molecular weight excluding hydrogens is 196 g/mol. The zero-order valence-electron chi connectivity index (χ0n) is 9.23. The van der Waals surface area contributed by atoms with E-state index < -0.39 is 6.10 Å². The van der Waals surface area contributed by atoms with E-state index in [1.807, 2.05) is 0 Å². The van der Waals surface area contributed by atoms with Crippen LogP contribution in [0.1, 0.15) is 38.5 Å². The highest BCUT2D eigenvalue weighted by Crippen LogP contribution is 2.14. The molecule has 0 spiro atoms. The molecule has 1 saturated heterocycles. The zero-order valence-corrected chi connectivity index (χ0v) is 9.23. The average Bonchev–Trinajstić information content (AvgIpc) is 2.29. The summed E-state index contributed by atoms with van der Waals surface area (Å²) in [4.78, 5) is 0. The summed E-state index contributed by atoms with van der Waals surface area (Å²) in [6, 6.07) is 0. The van der Waals surface area contributed by atoms with E-state index in [-0.39, 0.29) is 12.9 Å². The van der Waals surface area contributed by atoms with Crippen LogP contribution < -0.4 is 0 Å². The first-order valence-electron chi connectivity index (χ1n) is 5.85. The van der Waals surface area contributed by atoms with E-state index in [2.05, 4.69) is 0 Å². The van der Waals surface area contributed by atoms with Crippen LogP contribution in [0.25, 0.3) is 0 Å². The molecule has 0 aromatic rings. The van der Waals surface area contributed by atoms with E-state index in [0.717, 1.165) is 32.3 Å². The minimum atomic E-state index is -0.573. The van der Waals surface area contributed by atoms with Crippen LogP contribution in [0.15, 0.2) is 0 Å². The first-order valence-corrected chi connectivity index (χ1v) is 5.85. The van der Waals surface area contributed by atoms with Gasteiger partial charge in [0.15, 0.2) is 6.29 Å². The third-order valence-corrected chi connectivity index (χ3v) is 2.58. The molecule has 0 bridgehead atoms. The van der Waals surface area contributed by atoms with Gasteiger partial charge in [-0.1, -0.05) is 0 Å². The van der Waals surface area contributed by atoms with Crippen molar-refractivity contribution in [2.24, 2.45) is 0 Å². The summed E-state index contributed by atoms with van der Waals surface area (Å²) < 4.78 is 10.9. The number of hydrogen-bond acceptors (Lipinski definition) is 4. The standard InChI is InChI=1S/C11H22O4/c12-9-10(13)5-1-3-7-14-11-6-2-4-8-15-11/h10-13H,1-9H2/t10-,11?/m1/s1. The van der Waals surface area contributed by atoms with Crippen LogP contribution >= 0.6 is 0 Å². The fourth-order valence-corrected chi connectivity index (χ4v) is 1.63. The van der Waals surface area contributed by atoms with Crippen LogP contribution in [0.2, 0.25) is 0 Å². The van der Waals surface area contributed by atoms with Crippen molar-refractivity contribution in [1.82, 2.24) is 0 Å². The number of aliphatic hydroxyl groups excluding tert-OH is 2. The van der Waals surface area contributed by atoms with Crippen molar-refractivity contribution in [3.8, 4) is 0 Å². The molecule has 4 heteroatoms. The number of ether oxygens (including phenoxy) is 2. The van der Waals surface area contributed by atoms with Gasteiger partial charge in [0.2, 0.25) is 0 Å². The molecule has 90 valence electrons. The van der Waals surface area contributed by atoms with Gasteiger partial charge in [-0.15, -0.1) is 0 Å². The minimum Gasteiger partial charge on any atom is -0.394 e. The van der Waals surface area contributed by atoms with Crippen LogP contribution in [-0.2, 0) is 9.47 Å². The molecule has 1 rings (SSSR count). The highest BCUT2D eigenvalue weighted by atomic mass is 16.7. The van der Waals surface area contributed by atoms with Crippen molar-refractivity contribution in [1.29, 1.82) is 0 Å². The molecule has 0 radical (unpaired) electrons. The SMILES string of the molecule is OC[C@H](O)CCCCOC1CCCCO1. The first-order chi connectivity index (χ1) is 7.33. The van der Waals surface area contributed by atoms with Crippen molar-refractivity contribution >= 4 is 0 Å². The lowest BCUT2D eigenvalue weighted by atomic mass is 10.1. The quantitative estimate of drug-likeness (QED) is 0.627. The van der Waals surface area contributed by atoms with Crippen molar-refractivity contribution in [3.63, 3.8) is 0 Å². The topological polar surface area (TPSA) is 58.9 Å². The molecule has 1 fully saturated rings. The number of rotatable bonds is 7. The van der Waals surface area contributed by atoms with Crippen LogP contribution in [-0.4, -0.2) is 42.4 Å². The van der Waals surface area contributed by atoms with E-state index in [9.17, 15) is 0 Å². The van der Waals surface area contributed by atoms with Gasteiger partial charge in [0, 0.05) is 13.2 Å². The van der Waals surface area contributed by atoms with Gasteiger partial charge in [0.05, 0.1) is 12.7 Å². The van der Waals surface area contributed by atoms with Crippen molar-refractivity contribution in [2.45, 2.75) is 50.9 Å². The fourth-order valence-electron chi connectivity index (χ4n) is 1.63. The van der Waals surface area contributed by atoms with Gasteiger partial charge in [0.1, 0.15) is 0 Å². The molecule has 2 atom stereocenters. The van der Waals surface area contributed by atoms with E-state index in [1.165, 1.54) is 6.42 Å². The largest absolute Gasteiger partial charge is 0.394 e. The Bertz CT molecular complexity index is 146. The third-order valence-electron chi connectivity index (χ3n) is 2.58. The fraction of sp³-hybridized carbons (Fsp3) is 1.00. The zero-order chi connectivity index (χ0) is 10.9. The van der Waals surface area contributed by atoms with Gasteiger partial charge in [-0.25, -0.2) is 0 Å². The molecule has 15 heavy (non-hydrogen) atoms. The lowest BCUT2D eigenvalue weighted by molar-refractivity contribution is -0.162. The maximum Gasteiger partial charge on any atom is 0.157 e. The van der Waals surface area contributed by atoms with Gasteiger partial charge < -0.3 is 19.7 Å². The molecule has 0 aromatic heterocycles. The van der Waals surface area contributed by atoms with Crippen LogP contribution in [0.5, 0.6) is 0 Å². The number of unbranched alkanes of at least 4 members (excludes halogenated alkanes) is 1. The third kappa shape index (κ3) is 6.10. The van der Waals surface area contributed by atoms with Crippen molar-refractivity contribution in [3.05, 3.63) is 0 Å². The second-order valence-corrected chi connectivity index (χ2v) is 4.00. The van der Waals surface area contributed by atoms with E-state index in [4.69, 9.17) is 19.7 Å². The molecule has 0 saturated carbocycles. The Kier molecular flexibility index (Phi) is 6.92. The minimum absolute atomic E-state index is 0.0125. The smallest absolute Gasteiger partial charge is 0.157 e. The molecule has 4 nitrogen and oxygen atoms in total. The van der Waals surface area contributed by atoms with Gasteiger partial charge in [-0.3, -0.25) is 0 Å². The van der Waals surface area contributed by atoms with Gasteiger partial charge in [-0.05, 0) is 38.5 Å². The molecule has 1 heterocycles. The summed E-state index contributed by atoms with van der Waals surface area (Å²) >= 11 is 0. The second-order valence-electron chi connectivity index (χ2n) is 4.00. The van der Waals surface area contributed by atoms with Crippen LogP contribution in [0, 0.1) is 0 Å². The van der Waals surface area contributed by atoms with Crippen LogP contribution in [0.3, 0.4) is 0 Å². The predicted octanol–water partition coefficient (Wildman–Crippen LogP) is 1.05. The maximum absolute atomic E-state index is 9.09. The Balaban J connectivity index is 1.87. The summed E-state index contributed by atoms with van der Waals surface area (Å²) in [5.74, 6) is 0. The predicted molar refractivity (Wildman–Crippen MR) is 56.5 cm³/mol. The Morgan fingerprint density at radius 1 is 1.33 bits per heavy atom. The lowest BCUT2D eigenvalue weighted by Crippen LogP contribution is -2.22. The molecule has 0 amide bonds. The van der Waals surface area contributed by atoms with E-state index in [0.29, 0.717) is 13.0 Å². The number of hydrogen-bond donors (Lipinski definition) is 2. The summed E-state index contributed by atoms with van der Waals surface area (Å²) in [5.41, 5.74) is 0. The Morgan fingerprint density at radius 2 is 2.20 bits per heavy atom. The second kappa shape index (κ2) is 8.05. The Labute approximate surface area is 91.2 Å². The Hall–Kier alpha value is -0.160. The lowest BCUT2D eigenvalue weighted by Gasteiger charge is -2.22. The van der Waals surface area contributed by atoms with Crippen molar-refractivity contribution < 1.29 is 19.7 Å². The number of aliphatic hydroxyl groups is 2. The van der Waals surface area contributed by atoms with E-state index >= 15 is 0 Å². The maximum atomic E-state index is 9.09. The normalized spacial score (nSPS) is 24.0. The monoisotopic (exact) mass is 218 g/mol. The van der Waals surface area contributed by atoms with Gasteiger partial charge >= 0.3 is 0 Å². The highest BCUT2D eigenvalue weighted by Gasteiger charge is 2.13. The van der Waals surface area contributed by atoms with E-state index in [1.54, 1.807) is 0 Å². The van der Waals surface area contributed by atoms with Crippen molar-refractivity contribution in [2.75, 3.05) is 19.8 Å². The van der Waals surface area contributed by atoms with Gasteiger partial charge in [-0.2, -0.15) is 0 Å². The molecule has 1 aliphatic rings. The summed E-state index contributed by atoms with van der Waals surface area (Å²) in [6.07, 6.45) is 5.18. The average molecular weight is 218 g/mol. The highest BCUT2D eigenvalue weighted by molar-refractivity contribution is 4.55. The molecule has 0 aliphatic carbocycles. The molecular formula is C11H22O4. The summed E-state index contributed by atoms with van der Waals surface area (Å²) in [7, 11) is 0. The summed E-state index contributed by atoms with van der Waals surface area (Å²) in [6.45, 7) is 1.35. The molecule has 1 unspecified atom stereocenters. The molecule has 1 aliphatic heterocycles. The van der Waals surface area contributed by atoms with Crippen LogP contribution in [0.4, 0.5) is 0 Å².